The minimum atomic E-state index is 0.508. The Balaban J connectivity index is 1.80. The molecule has 1 saturated carbocycles. The Labute approximate surface area is 109 Å². The fourth-order valence-electron chi connectivity index (χ4n) is 3.06. The summed E-state index contributed by atoms with van der Waals surface area (Å²) in [6.45, 7) is 2.31. The van der Waals surface area contributed by atoms with Gasteiger partial charge in [-0.1, -0.05) is 25.8 Å². The van der Waals surface area contributed by atoms with E-state index >= 15 is 0 Å². The smallest absolute Gasteiger partial charge is 0.0242 e. The number of hydrogen-bond donors (Lipinski definition) is 2. The maximum absolute atomic E-state index is 5.73. The summed E-state index contributed by atoms with van der Waals surface area (Å²) < 4.78 is 0. The van der Waals surface area contributed by atoms with E-state index in [-0.39, 0.29) is 0 Å². The molecule has 1 fully saturated rings. The van der Waals surface area contributed by atoms with Crippen molar-refractivity contribution in [1.82, 2.24) is 5.43 Å². The van der Waals surface area contributed by atoms with Gasteiger partial charge in [-0.05, 0) is 49.0 Å². The molecule has 0 amide bonds. The van der Waals surface area contributed by atoms with Crippen molar-refractivity contribution in [3.05, 3.63) is 22.4 Å². The number of thiophene rings is 1. The molecule has 1 aliphatic carbocycles. The van der Waals surface area contributed by atoms with Crippen molar-refractivity contribution in [2.75, 3.05) is 0 Å². The van der Waals surface area contributed by atoms with E-state index in [0.29, 0.717) is 6.04 Å². The van der Waals surface area contributed by atoms with E-state index < -0.39 is 0 Å². The van der Waals surface area contributed by atoms with Gasteiger partial charge in [0.05, 0.1) is 0 Å². The molecule has 1 aromatic rings. The third kappa shape index (κ3) is 3.54. The van der Waals surface area contributed by atoms with Crippen LogP contribution in [0.2, 0.25) is 0 Å². The largest absolute Gasteiger partial charge is 0.271 e. The number of hydrogen-bond acceptors (Lipinski definition) is 3. The maximum atomic E-state index is 5.73. The first kappa shape index (κ1) is 13.1. The fourth-order valence-corrected chi connectivity index (χ4v) is 3.78. The van der Waals surface area contributed by atoms with E-state index in [4.69, 9.17) is 5.84 Å². The molecule has 0 radical (unpaired) electrons. The summed E-state index contributed by atoms with van der Waals surface area (Å²) in [5.41, 5.74) is 3.06. The van der Waals surface area contributed by atoms with Crippen molar-refractivity contribution in [3.63, 3.8) is 0 Å². The molecule has 0 bridgehead atoms. The topological polar surface area (TPSA) is 38.0 Å². The normalized spacial score (nSPS) is 26.2. The fraction of sp³-hybridized carbons (Fsp3) is 0.714. The summed E-state index contributed by atoms with van der Waals surface area (Å²) in [6, 6.07) is 4.86. The minimum absolute atomic E-state index is 0.508. The lowest BCUT2D eigenvalue weighted by atomic mass is 9.93. The second kappa shape index (κ2) is 6.53. The average Bonchev–Trinajstić information content (AvgIpc) is 3.00. The van der Waals surface area contributed by atoms with E-state index in [9.17, 15) is 0 Å². The van der Waals surface area contributed by atoms with Gasteiger partial charge in [-0.25, -0.2) is 0 Å². The molecule has 2 nitrogen and oxygen atoms in total. The van der Waals surface area contributed by atoms with Crippen molar-refractivity contribution in [2.24, 2.45) is 17.7 Å². The first-order valence-electron chi connectivity index (χ1n) is 6.82. The highest BCUT2D eigenvalue weighted by Gasteiger charge is 2.29. The third-order valence-electron chi connectivity index (χ3n) is 4.22. The van der Waals surface area contributed by atoms with Crippen LogP contribution < -0.4 is 11.3 Å². The summed E-state index contributed by atoms with van der Waals surface area (Å²) in [5, 5.41) is 2.16. The van der Waals surface area contributed by atoms with Gasteiger partial charge in [0, 0.05) is 10.9 Å². The summed E-state index contributed by atoms with van der Waals surface area (Å²) in [7, 11) is 0. The summed E-state index contributed by atoms with van der Waals surface area (Å²) >= 11 is 1.85. The second-order valence-corrected chi connectivity index (χ2v) is 6.27. The Morgan fingerprint density at radius 2 is 2.41 bits per heavy atom. The van der Waals surface area contributed by atoms with Crippen LogP contribution >= 0.6 is 11.3 Å². The van der Waals surface area contributed by atoms with Crippen molar-refractivity contribution in [2.45, 2.75) is 51.5 Å². The van der Waals surface area contributed by atoms with Crippen molar-refractivity contribution in [1.29, 1.82) is 0 Å². The van der Waals surface area contributed by atoms with Crippen LogP contribution in [0, 0.1) is 11.8 Å². The van der Waals surface area contributed by atoms with Crippen LogP contribution in [0.25, 0.3) is 0 Å². The molecule has 17 heavy (non-hydrogen) atoms. The molecule has 3 N–H and O–H groups in total. The number of hydrazine groups is 1. The van der Waals surface area contributed by atoms with E-state index in [1.54, 1.807) is 0 Å². The van der Waals surface area contributed by atoms with Gasteiger partial charge in [0.1, 0.15) is 0 Å². The Morgan fingerprint density at radius 1 is 1.53 bits per heavy atom. The maximum Gasteiger partial charge on any atom is 0.0242 e. The number of nitrogens with two attached hydrogens (primary N) is 1. The van der Waals surface area contributed by atoms with E-state index in [0.717, 1.165) is 11.8 Å². The predicted molar refractivity (Wildman–Crippen MR) is 74.9 cm³/mol. The van der Waals surface area contributed by atoms with Crippen LogP contribution in [0.1, 0.15) is 43.9 Å². The molecule has 0 saturated heterocycles. The Morgan fingerprint density at radius 3 is 3.00 bits per heavy atom. The molecule has 0 aliphatic heterocycles. The van der Waals surface area contributed by atoms with Crippen LogP contribution in [-0.4, -0.2) is 6.04 Å². The highest BCUT2D eigenvalue weighted by atomic mass is 32.1. The quantitative estimate of drug-likeness (QED) is 0.602. The second-order valence-electron chi connectivity index (χ2n) is 5.24. The molecular weight excluding hydrogens is 228 g/mol. The van der Waals surface area contributed by atoms with Gasteiger partial charge in [0.25, 0.3) is 0 Å². The average molecular weight is 252 g/mol. The monoisotopic (exact) mass is 252 g/mol. The SMILES string of the molecule is CCC1CCC(C(CCc2cccs2)NN)C1. The molecule has 3 heteroatoms. The predicted octanol–water partition coefficient (Wildman–Crippen LogP) is 3.34. The highest BCUT2D eigenvalue weighted by molar-refractivity contribution is 7.09. The van der Waals surface area contributed by atoms with E-state index in [2.05, 4.69) is 29.9 Å². The van der Waals surface area contributed by atoms with Crippen molar-refractivity contribution < 1.29 is 0 Å². The number of rotatable bonds is 6. The van der Waals surface area contributed by atoms with Crippen LogP contribution in [0.3, 0.4) is 0 Å². The molecule has 96 valence electrons. The molecular formula is C14H24N2S. The molecule has 2 rings (SSSR count). The van der Waals surface area contributed by atoms with Crippen molar-refractivity contribution >= 4 is 11.3 Å². The number of aryl methyl sites for hydroxylation is 1. The Hall–Kier alpha value is -0.380. The van der Waals surface area contributed by atoms with Crippen molar-refractivity contribution in [3.8, 4) is 0 Å². The Kier molecular flexibility index (Phi) is 5.01. The van der Waals surface area contributed by atoms with Gasteiger partial charge in [-0.3, -0.25) is 11.3 Å². The first-order chi connectivity index (χ1) is 8.33. The number of nitrogens with one attached hydrogen (secondary N) is 1. The van der Waals surface area contributed by atoms with Gasteiger partial charge >= 0.3 is 0 Å². The van der Waals surface area contributed by atoms with E-state index in [1.807, 2.05) is 11.3 Å². The van der Waals surface area contributed by atoms with Gasteiger partial charge < -0.3 is 0 Å². The molecule has 0 aromatic carbocycles. The molecule has 1 aromatic heterocycles. The van der Waals surface area contributed by atoms with Gasteiger partial charge in [-0.15, -0.1) is 11.3 Å². The summed E-state index contributed by atoms with van der Waals surface area (Å²) in [5.74, 6) is 7.47. The first-order valence-corrected chi connectivity index (χ1v) is 7.70. The lowest BCUT2D eigenvalue weighted by molar-refractivity contribution is 0.334. The molecule has 1 heterocycles. The lowest BCUT2D eigenvalue weighted by Gasteiger charge is -2.22. The van der Waals surface area contributed by atoms with Gasteiger partial charge in [0.2, 0.25) is 0 Å². The molecule has 0 spiro atoms. The zero-order valence-electron chi connectivity index (χ0n) is 10.7. The van der Waals surface area contributed by atoms with Gasteiger partial charge in [-0.2, -0.15) is 0 Å². The van der Waals surface area contributed by atoms with Crippen LogP contribution in [0.15, 0.2) is 17.5 Å². The molecule has 3 unspecified atom stereocenters. The van der Waals surface area contributed by atoms with Gasteiger partial charge in [0.15, 0.2) is 0 Å². The van der Waals surface area contributed by atoms with E-state index in [1.165, 1.54) is 43.4 Å². The lowest BCUT2D eigenvalue weighted by Crippen LogP contribution is -2.40. The van der Waals surface area contributed by atoms with Crippen LogP contribution in [-0.2, 0) is 6.42 Å². The standard InChI is InChI=1S/C14H24N2S/c1-2-11-5-6-12(10-11)14(16-15)8-7-13-4-3-9-17-13/h3-4,9,11-12,14,16H,2,5-8,10,15H2,1H3. The zero-order chi connectivity index (χ0) is 12.1. The third-order valence-corrected chi connectivity index (χ3v) is 5.16. The van der Waals surface area contributed by atoms with Crippen LogP contribution in [0.5, 0.6) is 0 Å². The molecule has 3 atom stereocenters. The highest BCUT2D eigenvalue weighted by Crippen LogP contribution is 2.35. The van der Waals surface area contributed by atoms with Crippen LogP contribution in [0.4, 0.5) is 0 Å². The summed E-state index contributed by atoms with van der Waals surface area (Å²) in [6.07, 6.45) is 7.81. The zero-order valence-corrected chi connectivity index (χ0v) is 11.5. The minimum Gasteiger partial charge on any atom is -0.271 e. The Bertz CT molecular complexity index is 310. The molecule has 1 aliphatic rings. The summed E-state index contributed by atoms with van der Waals surface area (Å²) in [4.78, 5) is 1.48.